The van der Waals surface area contributed by atoms with E-state index >= 15 is 0 Å². The minimum Gasteiger partial charge on any atom is -0.510 e. The first kappa shape index (κ1) is 33.7. The van der Waals surface area contributed by atoms with Crippen LogP contribution in [0.3, 0.4) is 0 Å². The van der Waals surface area contributed by atoms with Crippen LogP contribution in [0, 0.1) is 17.3 Å². The molecular formula is C32H47N3O9. The number of nitrogens with two attached hydrogens (primary N) is 1. The van der Waals surface area contributed by atoms with Gasteiger partial charge in [0.25, 0.3) is 0 Å². The Kier molecular flexibility index (Phi) is 9.44. The zero-order valence-corrected chi connectivity index (χ0v) is 26.7. The molecule has 0 saturated carbocycles. The molecule has 0 aromatic heterocycles. The van der Waals surface area contributed by atoms with Crippen LogP contribution in [-0.2, 0) is 22.5 Å². The van der Waals surface area contributed by atoms with Crippen molar-refractivity contribution in [3.8, 4) is 11.5 Å². The second kappa shape index (κ2) is 12.3. The van der Waals surface area contributed by atoms with Gasteiger partial charge in [0, 0.05) is 41.6 Å². The summed E-state index contributed by atoms with van der Waals surface area (Å²) in [6, 6.07) is 0.500. The summed E-state index contributed by atoms with van der Waals surface area (Å²) in [5, 5.41) is 54.4. The molecule has 3 aliphatic carbocycles. The zero-order chi connectivity index (χ0) is 32.9. The molecule has 12 heteroatoms. The molecule has 0 radical (unpaired) electrons. The summed E-state index contributed by atoms with van der Waals surface area (Å²) in [6.07, 6.45) is 0.140. The number of fused-ring (bicyclic) bond motifs is 3. The molecule has 0 fully saturated rings. The average Bonchev–Trinajstić information content (AvgIpc) is 2.92. The number of hydrogen-bond acceptors (Lipinski definition) is 11. The molecule has 4 rings (SSSR count). The molecule has 3 aliphatic rings. The lowest BCUT2D eigenvalue weighted by Gasteiger charge is -2.53. The van der Waals surface area contributed by atoms with Gasteiger partial charge in [0.05, 0.1) is 30.9 Å². The van der Waals surface area contributed by atoms with Crippen molar-refractivity contribution in [2.75, 3.05) is 41.1 Å². The van der Waals surface area contributed by atoms with Gasteiger partial charge in [0.1, 0.15) is 35.4 Å². The number of methoxy groups -OCH3 is 1. The Hall–Kier alpha value is -3.16. The van der Waals surface area contributed by atoms with E-state index in [1.165, 1.54) is 13.2 Å². The highest BCUT2D eigenvalue weighted by molar-refractivity contribution is 6.14. The molecule has 0 bridgehead atoms. The molecule has 0 spiro atoms. The SMILES string of the molecule is CCN(Cc1cc(O)c2c(c1OC)C[C@H]1C[C@H]3[C@H](N(C)C)C(O)=C(C(N)=O)C[C@@]3(OCO)C(O)=C1C2=O)[C@H](CO)C(C)(C)C. The number of carbonyl (C=O) groups excluding carboxylic acids is 2. The zero-order valence-electron chi connectivity index (χ0n) is 26.7. The molecule has 0 unspecified atom stereocenters. The molecule has 0 heterocycles. The summed E-state index contributed by atoms with van der Waals surface area (Å²) in [7, 11) is 4.91. The Balaban J connectivity index is 1.88. The Labute approximate surface area is 258 Å². The summed E-state index contributed by atoms with van der Waals surface area (Å²) in [6.45, 7) is 8.22. The number of aromatic hydroxyl groups is 1. The minimum absolute atomic E-state index is 0.00654. The molecule has 7 N–H and O–H groups in total. The van der Waals surface area contributed by atoms with Crippen molar-refractivity contribution in [3.05, 3.63) is 45.4 Å². The van der Waals surface area contributed by atoms with Crippen molar-refractivity contribution in [1.29, 1.82) is 0 Å². The van der Waals surface area contributed by atoms with Crippen LogP contribution in [-0.4, -0.2) is 106 Å². The molecule has 1 amide bonds. The second-order valence-electron chi connectivity index (χ2n) is 13.4. The van der Waals surface area contributed by atoms with E-state index < -0.39 is 47.7 Å². The van der Waals surface area contributed by atoms with Gasteiger partial charge in [-0.2, -0.15) is 0 Å². The molecular weight excluding hydrogens is 570 g/mol. The number of allylic oxidation sites excluding steroid dienone is 1. The maximum absolute atomic E-state index is 14.2. The molecule has 44 heavy (non-hydrogen) atoms. The lowest BCUT2D eigenvalue weighted by atomic mass is 9.59. The summed E-state index contributed by atoms with van der Waals surface area (Å²) in [5.41, 5.74) is 4.69. The van der Waals surface area contributed by atoms with Crippen LogP contribution in [0.4, 0.5) is 0 Å². The number of rotatable bonds is 10. The van der Waals surface area contributed by atoms with Gasteiger partial charge in [-0.1, -0.05) is 27.7 Å². The molecule has 0 aliphatic heterocycles. The number of primary amides is 1. The van der Waals surface area contributed by atoms with Crippen molar-refractivity contribution >= 4 is 11.7 Å². The molecule has 244 valence electrons. The van der Waals surface area contributed by atoms with Crippen molar-refractivity contribution in [1.82, 2.24) is 9.80 Å². The number of nitrogens with zero attached hydrogens (tertiary/aromatic N) is 2. The number of ether oxygens (including phenoxy) is 2. The van der Waals surface area contributed by atoms with Crippen LogP contribution in [0.2, 0.25) is 0 Å². The van der Waals surface area contributed by atoms with E-state index in [4.69, 9.17) is 15.2 Å². The topological polar surface area (TPSA) is 186 Å². The molecule has 1 aromatic carbocycles. The number of benzene rings is 1. The number of aliphatic hydroxyl groups is 4. The number of carbonyl (C=O) groups is 2. The number of hydrogen-bond donors (Lipinski definition) is 6. The Morgan fingerprint density at radius 2 is 1.86 bits per heavy atom. The van der Waals surface area contributed by atoms with Gasteiger partial charge in [-0.05, 0) is 50.9 Å². The van der Waals surface area contributed by atoms with Crippen LogP contribution in [0.5, 0.6) is 11.5 Å². The van der Waals surface area contributed by atoms with Crippen LogP contribution in [0.15, 0.2) is 28.7 Å². The fourth-order valence-corrected chi connectivity index (χ4v) is 7.73. The predicted octanol–water partition coefficient (Wildman–Crippen LogP) is 2.15. The first-order valence-electron chi connectivity index (χ1n) is 15.0. The Bertz CT molecular complexity index is 1380. The minimum atomic E-state index is -1.72. The lowest BCUT2D eigenvalue weighted by Crippen LogP contribution is -2.60. The molecule has 0 saturated heterocycles. The third kappa shape index (κ3) is 5.36. The Morgan fingerprint density at radius 1 is 1.20 bits per heavy atom. The van der Waals surface area contributed by atoms with Crippen LogP contribution < -0.4 is 10.5 Å². The highest BCUT2D eigenvalue weighted by Crippen LogP contribution is 2.56. The van der Waals surface area contributed by atoms with Gasteiger partial charge >= 0.3 is 0 Å². The van der Waals surface area contributed by atoms with Crippen LogP contribution in [0.25, 0.3) is 0 Å². The van der Waals surface area contributed by atoms with E-state index in [0.29, 0.717) is 30.0 Å². The van der Waals surface area contributed by atoms with Gasteiger partial charge in [-0.25, -0.2) is 0 Å². The van der Waals surface area contributed by atoms with Crippen molar-refractivity contribution in [2.45, 2.75) is 71.2 Å². The quantitative estimate of drug-likeness (QED) is 0.211. The summed E-state index contributed by atoms with van der Waals surface area (Å²) >= 11 is 0. The predicted molar refractivity (Wildman–Crippen MR) is 162 cm³/mol. The third-order valence-electron chi connectivity index (χ3n) is 9.74. The first-order valence-corrected chi connectivity index (χ1v) is 15.0. The number of aliphatic hydroxyl groups excluding tert-OH is 4. The van der Waals surface area contributed by atoms with E-state index in [-0.39, 0.29) is 65.5 Å². The smallest absolute Gasteiger partial charge is 0.248 e. The lowest BCUT2D eigenvalue weighted by molar-refractivity contribution is -0.167. The fraction of sp³-hybridized carbons (Fsp3) is 0.625. The molecule has 1 aromatic rings. The molecule has 12 nitrogen and oxygen atoms in total. The van der Waals surface area contributed by atoms with Crippen LogP contribution >= 0.6 is 0 Å². The second-order valence-corrected chi connectivity index (χ2v) is 13.4. The first-order chi connectivity index (χ1) is 20.6. The highest BCUT2D eigenvalue weighted by atomic mass is 16.6. The third-order valence-corrected chi connectivity index (χ3v) is 9.74. The van der Waals surface area contributed by atoms with Gasteiger partial charge in [0.2, 0.25) is 5.91 Å². The summed E-state index contributed by atoms with van der Waals surface area (Å²) < 4.78 is 11.7. The van der Waals surface area contributed by atoms with Crippen LogP contribution in [0.1, 0.15) is 62.0 Å². The van der Waals surface area contributed by atoms with Crippen molar-refractivity contribution in [2.24, 2.45) is 23.0 Å². The van der Waals surface area contributed by atoms with E-state index in [2.05, 4.69) is 4.90 Å². The van der Waals surface area contributed by atoms with Gasteiger partial charge < -0.3 is 40.7 Å². The number of ketones is 1. The van der Waals surface area contributed by atoms with Gasteiger partial charge in [-0.15, -0.1) is 0 Å². The standard InChI is InChI=1S/C32H47N3O9/c1-8-35(22(14-36)31(2,3)4)13-17-11-21(38)24-18(28(17)43-7)9-16-10-20-25(34(5)6)26(39)19(30(33)42)12-32(20,44-15-37)29(41)23(16)27(24)40/h11,16,20,22,25,36-39,41H,8-10,12-15H2,1-7H3,(H2,33,42)/t16-,20-,22+,25-,32-/m0/s1. The van der Waals surface area contributed by atoms with Crippen molar-refractivity contribution in [3.63, 3.8) is 0 Å². The average molecular weight is 618 g/mol. The highest BCUT2D eigenvalue weighted by Gasteiger charge is 2.60. The Morgan fingerprint density at radius 3 is 2.36 bits per heavy atom. The number of phenolic OH excluding ortho intramolecular Hbond substituents is 1. The maximum Gasteiger partial charge on any atom is 0.248 e. The van der Waals surface area contributed by atoms with Gasteiger partial charge in [0.15, 0.2) is 5.78 Å². The number of likely N-dealkylation sites (N-methyl/N-ethyl adjacent to an activating group) is 2. The normalized spacial score (nSPS) is 26.1. The fourth-order valence-electron chi connectivity index (χ4n) is 7.73. The van der Waals surface area contributed by atoms with Gasteiger partial charge in [-0.3, -0.25) is 19.4 Å². The largest absolute Gasteiger partial charge is 0.510 e. The van der Waals surface area contributed by atoms with E-state index in [0.717, 1.165) is 0 Å². The number of amides is 1. The monoisotopic (exact) mass is 617 g/mol. The maximum atomic E-state index is 14.2. The number of phenols is 1. The number of Topliss-reactive ketones (excluding diaryl/α,β-unsaturated/α-hetero) is 1. The summed E-state index contributed by atoms with van der Waals surface area (Å²) in [5.74, 6) is -3.24. The van der Waals surface area contributed by atoms with E-state index in [1.54, 1.807) is 19.0 Å². The summed E-state index contributed by atoms with van der Waals surface area (Å²) in [4.78, 5) is 30.3. The van der Waals surface area contributed by atoms with Crippen molar-refractivity contribution < 1.29 is 44.6 Å². The molecule has 5 atom stereocenters. The van der Waals surface area contributed by atoms with E-state index in [1.807, 2.05) is 27.7 Å². The van der Waals surface area contributed by atoms with E-state index in [9.17, 15) is 35.1 Å².